The lowest BCUT2D eigenvalue weighted by Gasteiger charge is -2.34. The summed E-state index contributed by atoms with van der Waals surface area (Å²) in [6.45, 7) is 9.91. The van der Waals surface area contributed by atoms with Crippen molar-refractivity contribution in [3.05, 3.63) is 101 Å². The van der Waals surface area contributed by atoms with Gasteiger partial charge in [0.15, 0.2) is 0 Å². The van der Waals surface area contributed by atoms with E-state index in [1.54, 1.807) is 6.07 Å². The molecule has 0 radical (unpaired) electrons. The Morgan fingerprint density at radius 3 is 2.08 bits per heavy atom. The zero-order valence-corrected chi connectivity index (χ0v) is 25.2. The fraction of sp³-hybridized carbons (Fsp3) is 0.375. The van der Waals surface area contributed by atoms with Crippen LogP contribution < -0.4 is 9.62 Å². The maximum absolute atomic E-state index is 14.2. The Bertz CT molecular complexity index is 1400. The van der Waals surface area contributed by atoms with Crippen LogP contribution in [0.1, 0.15) is 41.7 Å². The molecule has 0 saturated carbocycles. The maximum Gasteiger partial charge on any atom is 0.244 e. The quantitative estimate of drug-likeness (QED) is 0.343. The van der Waals surface area contributed by atoms with Crippen LogP contribution in [-0.2, 0) is 32.6 Å². The average Bonchev–Trinajstić information content (AvgIpc) is 2.90. The molecule has 0 aromatic heterocycles. The van der Waals surface area contributed by atoms with E-state index in [2.05, 4.69) is 5.32 Å². The number of hydrogen-bond donors (Lipinski definition) is 1. The summed E-state index contributed by atoms with van der Waals surface area (Å²) in [6, 6.07) is 22.0. The number of nitrogens with zero attached hydrogens (tertiary/aromatic N) is 2. The Labute approximate surface area is 239 Å². The topological polar surface area (TPSA) is 86.8 Å². The van der Waals surface area contributed by atoms with Gasteiger partial charge in [0.05, 0.1) is 11.9 Å². The van der Waals surface area contributed by atoms with Crippen molar-refractivity contribution < 1.29 is 18.0 Å². The first-order valence-corrected chi connectivity index (χ1v) is 15.4. The van der Waals surface area contributed by atoms with Crippen molar-refractivity contribution in [3.63, 3.8) is 0 Å². The zero-order valence-electron chi connectivity index (χ0n) is 24.3. The minimum atomic E-state index is -3.81. The van der Waals surface area contributed by atoms with Crippen molar-refractivity contribution in [1.29, 1.82) is 0 Å². The molecule has 0 bridgehead atoms. The summed E-state index contributed by atoms with van der Waals surface area (Å²) < 4.78 is 27.1. The number of nitrogens with one attached hydrogen (secondary N) is 1. The van der Waals surface area contributed by atoms with Crippen LogP contribution in [0.5, 0.6) is 0 Å². The zero-order chi connectivity index (χ0) is 29.4. The van der Waals surface area contributed by atoms with Crippen LogP contribution in [0.15, 0.2) is 72.8 Å². The lowest BCUT2D eigenvalue weighted by atomic mass is 10.0. The number of hydrogen-bond acceptors (Lipinski definition) is 4. The third-order valence-corrected chi connectivity index (χ3v) is 7.87. The molecule has 0 spiro atoms. The number of sulfonamides is 1. The van der Waals surface area contributed by atoms with Gasteiger partial charge in [-0.05, 0) is 55.0 Å². The second kappa shape index (κ2) is 13.6. The van der Waals surface area contributed by atoms with Crippen LogP contribution in [0.25, 0.3) is 0 Å². The third kappa shape index (κ3) is 8.68. The van der Waals surface area contributed by atoms with Crippen molar-refractivity contribution >= 4 is 27.5 Å². The molecular formula is C32H41N3O4S. The fourth-order valence-corrected chi connectivity index (χ4v) is 5.35. The fourth-order valence-electron chi connectivity index (χ4n) is 4.45. The standard InChI is InChI=1S/C32H41N3O4S/c1-23(2)20-33-32(37)30(19-27-10-8-7-9-11-27)34(21-28-16-13-24(3)14-17-28)31(36)22-35(40(6,38)39)29-18-25(4)12-15-26(29)5/h7-18,23,30H,19-22H2,1-6H3,(H,33,37). The molecule has 214 valence electrons. The molecule has 0 aliphatic heterocycles. The van der Waals surface area contributed by atoms with E-state index in [0.29, 0.717) is 18.7 Å². The highest BCUT2D eigenvalue weighted by Crippen LogP contribution is 2.25. The van der Waals surface area contributed by atoms with E-state index in [1.165, 1.54) is 4.90 Å². The molecule has 0 fully saturated rings. The first-order valence-electron chi connectivity index (χ1n) is 13.6. The molecule has 7 nitrogen and oxygen atoms in total. The summed E-state index contributed by atoms with van der Waals surface area (Å²) >= 11 is 0. The van der Waals surface area contributed by atoms with Crippen LogP contribution in [0, 0.1) is 26.7 Å². The van der Waals surface area contributed by atoms with Gasteiger partial charge in [-0.1, -0.05) is 86.1 Å². The Hall–Kier alpha value is -3.65. The summed E-state index contributed by atoms with van der Waals surface area (Å²) in [7, 11) is -3.81. The average molecular weight is 564 g/mol. The molecule has 3 aromatic carbocycles. The third-order valence-electron chi connectivity index (χ3n) is 6.74. The largest absolute Gasteiger partial charge is 0.354 e. The molecule has 1 unspecified atom stereocenters. The maximum atomic E-state index is 14.2. The molecule has 40 heavy (non-hydrogen) atoms. The van der Waals surface area contributed by atoms with E-state index < -0.39 is 28.5 Å². The van der Waals surface area contributed by atoms with Gasteiger partial charge in [0.1, 0.15) is 12.6 Å². The second-order valence-electron chi connectivity index (χ2n) is 10.9. The molecule has 2 amide bonds. The number of aryl methyl sites for hydroxylation is 3. The van der Waals surface area contributed by atoms with Crippen LogP contribution in [0.3, 0.4) is 0 Å². The van der Waals surface area contributed by atoms with Crippen molar-refractivity contribution in [2.75, 3.05) is 23.7 Å². The Kier molecular flexibility index (Phi) is 10.5. The van der Waals surface area contributed by atoms with Gasteiger partial charge in [0.2, 0.25) is 21.8 Å². The van der Waals surface area contributed by atoms with Gasteiger partial charge in [-0.3, -0.25) is 13.9 Å². The minimum absolute atomic E-state index is 0.163. The summed E-state index contributed by atoms with van der Waals surface area (Å²) in [5.41, 5.74) is 4.91. The summed E-state index contributed by atoms with van der Waals surface area (Å²) in [5, 5.41) is 3.00. The lowest BCUT2D eigenvalue weighted by molar-refractivity contribution is -0.140. The Balaban J connectivity index is 2.06. The van der Waals surface area contributed by atoms with E-state index in [1.807, 2.05) is 101 Å². The molecule has 8 heteroatoms. The monoisotopic (exact) mass is 563 g/mol. The summed E-state index contributed by atoms with van der Waals surface area (Å²) in [5.74, 6) is -0.490. The van der Waals surface area contributed by atoms with E-state index in [4.69, 9.17) is 0 Å². The summed E-state index contributed by atoms with van der Waals surface area (Å²) in [4.78, 5) is 29.3. The van der Waals surface area contributed by atoms with Gasteiger partial charge in [-0.2, -0.15) is 0 Å². The Morgan fingerprint density at radius 2 is 1.48 bits per heavy atom. The van der Waals surface area contributed by atoms with Crippen LogP contribution in [-0.4, -0.2) is 50.5 Å². The molecule has 0 aliphatic rings. The van der Waals surface area contributed by atoms with Crippen molar-refractivity contribution in [2.24, 2.45) is 5.92 Å². The number of carbonyl (C=O) groups excluding carboxylic acids is 2. The van der Waals surface area contributed by atoms with Crippen LogP contribution in [0.2, 0.25) is 0 Å². The normalized spacial score (nSPS) is 12.2. The van der Waals surface area contributed by atoms with Crippen molar-refractivity contribution in [2.45, 2.75) is 53.6 Å². The predicted octanol–water partition coefficient (Wildman–Crippen LogP) is 4.79. The highest BCUT2D eigenvalue weighted by molar-refractivity contribution is 7.92. The number of carbonyl (C=O) groups is 2. The van der Waals surface area contributed by atoms with Crippen molar-refractivity contribution in [1.82, 2.24) is 10.2 Å². The van der Waals surface area contributed by atoms with Gasteiger partial charge in [0, 0.05) is 19.5 Å². The van der Waals surface area contributed by atoms with E-state index in [9.17, 15) is 18.0 Å². The number of benzene rings is 3. The van der Waals surface area contributed by atoms with Gasteiger partial charge >= 0.3 is 0 Å². The molecule has 0 saturated heterocycles. The summed E-state index contributed by atoms with van der Waals surface area (Å²) in [6.07, 6.45) is 1.40. The van der Waals surface area contributed by atoms with Gasteiger partial charge < -0.3 is 10.2 Å². The highest BCUT2D eigenvalue weighted by atomic mass is 32.2. The smallest absolute Gasteiger partial charge is 0.244 e. The predicted molar refractivity (Wildman–Crippen MR) is 162 cm³/mol. The molecule has 3 aromatic rings. The minimum Gasteiger partial charge on any atom is -0.354 e. The van der Waals surface area contributed by atoms with Gasteiger partial charge in [0.25, 0.3) is 0 Å². The molecule has 0 heterocycles. The van der Waals surface area contributed by atoms with Crippen LogP contribution in [0.4, 0.5) is 5.69 Å². The molecule has 1 N–H and O–H groups in total. The second-order valence-corrected chi connectivity index (χ2v) is 12.8. The Morgan fingerprint density at radius 1 is 0.850 bits per heavy atom. The number of amides is 2. The van der Waals surface area contributed by atoms with Crippen molar-refractivity contribution in [3.8, 4) is 0 Å². The number of rotatable bonds is 12. The first kappa shape index (κ1) is 30.9. The first-order chi connectivity index (χ1) is 18.8. The lowest BCUT2D eigenvalue weighted by Crippen LogP contribution is -2.53. The van der Waals surface area contributed by atoms with Gasteiger partial charge in [-0.25, -0.2) is 8.42 Å². The number of anilines is 1. The molecule has 0 aliphatic carbocycles. The SMILES string of the molecule is Cc1ccc(CN(C(=O)CN(c2cc(C)ccc2C)S(C)(=O)=O)C(Cc2ccccc2)C(=O)NCC(C)C)cc1. The van der Waals surface area contributed by atoms with E-state index in [0.717, 1.165) is 38.4 Å². The molecule has 3 rings (SSSR count). The van der Waals surface area contributed by atoms with Gasteiger partial charge in [-0.15, -0.1) is 0 Å². The molecular weight excluding hydrogens is 522 g/mol. The highest BCUT2D eigenvalue weighted by Gasteiger charge is 2.33. The molecule has 1 atom stereocenters. The van der Waals surface area contributed by atoms with E-state index in [-0.39, 0.29) is 18.4 Å². The van der Waals surface area contributed by atoms with E-state index >= 15 is 0 Å². The van der Waals surface area contributed by atoms with Crippen LogP contribution >= 0.6 is 0 Å².